The van der Waals surface area contributed by atoms with Crippen LogP contribution in [-0.4, -0.2) is 37.5 Å². The molecule has 0 fully saturated rings. The average Bonchev–Trinajstić information content (AvgIpc) is 2.64. The fourth-order valence-electron chi connectivity index (χ4n) is 3.27. The number of unbranched alkanes of at least 4 members (excludes halogenated alkanes) is 5. The zero-order valence-electron chi connectivity index (χ0n) is 16.9. The zero-order valence-corrected chi connectivity index (χ0v) is 16.9. The molecule has 0 spiro atoms. The highest BCUT2D eigenvalue weighted by molar-refractivity contribution is 5.87. The van der Waals surface area contributed by atoms with Gasteiger partial charge in [0.2, 0.25) is 5.91 Å². The van der Waals surface area contributed by atoms with E-state index < -0.39 is 0 Å². The number of hydrogen-bond acceptors (Lipinski definition) is 2. The number of hydrogen-bond donors (Lipinski definition) is 1. The lowest BCUT2D eigenvalue weighted by molar-refractivity contribution is -0.117. The summed E-state index contributed by atoms with van der Waals surface area (Å²) in [6, 6.07) is 11.0. The highest BCUT2D eigenvalue weighted by Gasteiger charge is 2.10. The Morgan fingerprint density at radius 2 is 1.62 bits per heavy atom. The largest absolute Gasteiger partial charge is 0.350 e. The van der Waals surface area contributed by atoms with Crippen molar-refractivity contribution in [2.45, 2.75) is 70.3 Å². The van der Waals surface area contributed by atoms with Crippen LogP contribution >= 0.6 is 0 Å². The van der Waals surface area contributed by atoms with E-state index in [1.807, 2.05) is 0 Å². The second-order valence-corrected chi connectivity index (χ2v) is 7.50. The maximum atomic E-state index is 11.6. The molecule has 0 saturated heterocycles. The molecule has 1 aromatic rings. The number of aryl methyl sites for hydroxylation is 1. The van der Waals surface area contributed by atoms with E-state index in [1.165, 1.54) is 56.6 Å². The summed E-state index contributed by atoms with van der Waals surface area (Å²) in [4.78, 5) is 13.8. The Morgan fingerprint density at radius 1 is 1.00 bits per heavy atom. The van der Waals surface area contributed by atoms with Crippen LogP contribution in [0.5, 0.6) is 0 Å². The van der Waals surface area contributed by atoms with Crippen molar-refractivity contribution >= 4 is 5.91 Å². The summed E-state index contributed by atoms with van der Waals surface area (Å²) in [5, 5.41) is 3.09. The van der Waals surface area contributed by atoms with Crippen LogP contribution < -0.4 is 5.32 Å². The first-order chi connectivity index (χ1) is 12.6. The molecular formula is C23H38N2O. The molecule has 3 heteroatoms. The quantitative estimate of drug-likeness (QED) is 0.354. The van der Waals surface area contributed by atoms with Gasteiger partial charge in [-0.2, -0.15) is 0 Å². The topological polar surface area (TPSA) is 32.3 Å². The van der Waals surface area contributed by atoms with Gasteiger partial charge >= 0.3 is 0 Å². The van der Waals surface area contributed by atoms with Gasteiger partial charge in [0.05, 0.1) is 0 Å². The Kier molecular flexibility index (Phi) is 12.6. The third-order valence-electron chi connectivity index (χ3n) is 4.80. The van der Waals surface area contributed by atoms with Crippen LogP contribution in [-0.2, 0) is 11.2 Å². The molecule has 0 saturated carbocycles. The number of amides is 1. The first-order valence-electron chi connectivity index (χ1n) is 10.2. The van der Waals surface area contributed by atoms with E-state index in [9.17, 15) is 4.79 Å². The SMILES string of the molecule is C=CC(=O)NC(CCCCCCCCc1ccccc1)CCCN(C)C. The van der Waals surface area contributed by atoms with Gasteiger partial charge < -0.3 is 10.2 Å². The van der Waals surface area contributed by atoms with E-state index in [0.717, 1.165) is 25.8 Å². The summed E-state index contributed by atoms with van der Waals surface area (Å²) >= 11 is 0. The highest BCUT2D eigenvalue weighted by atomic mass is 16.1. The number of benzene rings is 1. The van der Waals surface area contributed by atoms with Gasteiger partial charge in [-0.05, 0) is 64.4 Å². The maximum Gasteiger partial charge on any atom is 0.243 e. The second kappa shape index (κ2) is 14.5. The summed E-state index contributed by atoms with van der Waals surface area (Å²) in [5.41, 5.74) is 1.45. The van der Waals surface area contributed by atoms with E-state index >= 15 is 0 Å². The molecule has 26 heavy (non-hydrogen) atoms. The fourth-order valence-corrected chi connectivity index (χ4v) is 3.27. The van der Waals surface area contributed by atoms with Crippen molar-refractivity contribution in [1.82, 2.24) is 10.2 Å². The Labute approximate surface area is 160 Å². The smallest absolute Gasteiger partial charge is 0.243 e. The first-order valence-corrected chi connectivity index (χ1v) is 10.2. The summed E-state index contributed by atoms with van der Waals surface area (Å²) in [6.07, 6.45) is 13.5. The van der Waals surface area contributed by atoms with Crippen molar-refractivity contribution in [2.75, 3.05) is 20.6 Å². The van der Waals surface area contributed by atoms with Crippen molar-refractivity contribution in [2.24, 2.45) is 0 Å². The third kappa shape index (κ3) is 11.9. The Bertz CT molecular complexity index is 484. The monoisotopic (exact) mass is 358 g/mol. The van der Waals surface area contributed by atoms with Crippen LogP contribution in [0.2, 0.25) is 0 Å². The predicted molar refractivity (Wildman–Crippen MR) is 112 cm³/mol. The molecule has 0 radical (unpaired) electrons. The van der Waals surface area contributed by atoms with Crippen LogP contribution in [0.1, 0.15) is 63.4 Å². The van der Waals surface area contributed by atoms with E-state index in [-0.39, 0.29) is 5.91 Å². The molecule has 0 aliphatic rings. The van der Waals surface area contributed by atoms with Gasteiger partial charge in [-0.3, -0.25) is 4.79 Å². The lowest BCUT2D eigenvalue weighted by atomic mass is 10.0. The lowest BCUT2D eigenvalue weighted by Gasteiger charge is -2.19. The summed E-state index contributed by atoms with van der Waals surface area (Å²) < 4.78 is 0. The normalized spacial score (nSPS) is 12.1. The number of rotatable bonds is 15. The number of nitrogens with zero attached hydrogens (tertiary/aromatic N) is 1. The van der Waals surface area contributed by atoms with Crippen molar-refractivity contribution in [3.63, 3.8) is 0 Å². The van der Waals surface area contributed by atoms with Crippen LogP contribution in [0, 0.1) is 0 Å². The highest BCUT2D eigenvalue weighted by Crippen LogP contribution is 2.13. The van der Waals surface area contributed by atoms with Gasteiger partial charge in [-0.1, -0.05) is 69.0 Å². The Hall–Kier alpha value is -1.61. The van der Waals surface area contributed by atoms with Crippen molar-refractivity contribution in [3.8, 4) is 0 Å². The molecule has 1 N–H and O–H groups in total. The van der Waals surface area contributed by atoms with Gasteiger partial charge in [0.1, 0.15) is 0 Å². The molecule has 0 bridgehead atoms. The molecule has 0 aromatic heterocycles. The number of carbonyl (C=O) groups is 1. The molecule has 146 valence electrons. The molecule has 1 aromatic carbocycles. The standard InChI is InChI=1S/C23H38N2O/c1-4-23(26)24-22(19-14-20-25(2)3)18-13-8-6-5-7-10-15-21-16-11-9-12-17-21/h4,9,11-12,16-17,22H,1,5-8,10,13-15,18-20H2,2-3H3,(H,24,26). The van der Waals surface area contributed by atoms with Gasteiger partial charge in [0, 0.05) is 6.04 Å². The lowest BCUT2D eigenvalue weighted by Crippen LogP contribution is -2.34. The average molecular weight is 359 g/mol. The van der Waals surface area contributed by atoms with Crippen LogP contribution in [0.15, 0.2) is 43.0 Å². The first kappa shape index (κ1) is 22.4. The number of nitrogens with one attached hydrogen (secondary N) is 1. The molecule has 0 aliphatic carbocycles. The molecule has 1 unspecified atom stereocenters. The maximum absolute atomic E-state index is 11.6. The van der Waals surface area contributed by atoms with Gasteiger partial charge in [0.15, 0.2) is 0 Å². The number of carbonyl (C=O) groups excluding carboxylic acids is 1. The minimum Gasteiger partial charge on any atom is -0.350 e. The molecule has 0 aliphatic heterocycles. The van der Waals surface area contributed by atoms with Crippen molar-refractivity contribution in [3.05, 3.63) is 48.6 Å². The Morgan fingerprint density at radius 3 is 2.27 bits per heavy atom. The van der Waals surface area contributed by atoms with Crippen LogP contribution in [0.3, 0.4) is 0 Å². The molecule has 1 rings (SSSR count). The molecule has 0 heterocycles. The molecule has 1 atom stereocenters. The van der Waals surface area contributed by atoms with Crippen LogP contribution in [0.4, 0.5) is 0 Å². The molecule has 3 nitrogen and oxygen atoms in total. The summed E-state index contributed by atoms with van der Waals surface area (Å²) in [7, 11) is 4.18. The van der Waals surface area contributed by atoms with E-state index in [2.05, 4.69) is 61.2 Å². The van der Waals surface area contributed by atoms with Crippen molar-refractivity contribution < 1.29 is 4.79 Å². The van der Waals surface area contributed by atoms with Crippen LogP contribution in [0.25, 0.3) is 0 Å². The summed E-state index contributed by atoms with van der Waals surface area (Å²) in [6.45, 7) is 4.63. The third-order valence-corrected chi connectivity index (χ3v) is 4.80. The minimum atomic E-state index is -0.0410. The molecular weight excluding hydrogens is 320 g/mol. The van der Waals surface area contributed by atoms with E-state index in [1.54, 1.807) is 0 Å². The summed E-state index contributed by atoms with van der Waals surface area (Å²) in [5.74, 6) is -0.0410. The van der Waals surface area contributed by atoms with Gasteiger partial charge in [-0.15, -0.1) is 0 Å². The van der Waals surface area contributed by atoms with E-state index in [0.29, 0.717) is 6.04 Å². The van der Waals surface area contributed by atoms with E-state index in [4.69, 9.17) is 0 Å². The predicted octanol–water partition coefficient (Wildman–Crippen LogP) is 4.97. The fraction of sp³-hybridized carbons (Fsp3) is 0.609. The Balaban J connectivity index is 2.08. The second-order valence-electron chi connectivity index (χ2n) is 7.50. The van der Waals surface area contributed by atoms with Gasteiger partial charge in [0.25, 0.3) is 0 Å². The molecule has 1 amide bonds. The van der Waals surface area contributed by atoms with Crippen molar-refractivity contribution in [1.29, 1.82) is 0 Å². The zero-order chi connectivity index (χ0) is 19.0. The van der Waals surface area contributed by atoms with Gasteiger partial charge in [-0.25, -0.2) is 0 Å². The minimum absolute atomic E-state index is 0.0410.